The van der Waals surface area contributed by atoms with Gasteiger partial charge in [-0.25, -0.2) is 0 Å². The van der Waals surface area contributed by atoms with Gasteiger partial charge in [-0.2, -0.15) is 0 Å². The second-order valence-corrected chi connectivity index (χ2v) is 20.6. The molecular weight excluding hydrogens is 929 g/mol. The first kappa shape index (κ1) is 43.3. The standard InChI is InChI=1S/C76H46O/c1-2-16-59-49(14-1)15-13-26-60(59)50-32-34-51(35-33-50)73-62-18-3-5-20-64(62)74(65-21-6-4-19-63(65)73)54-38-30-47-28-36-52(42-57(47)44-54)53-37-29-48-31-39-55(45-58(48)43-53)75-66-22-7-9-24-68(66)76(69-25-10-8-23-67(69)75)56-40-41-72-70(46-56)61-17-11-12-27-71(61)77-72/h1-46H. The van der Waals surface area contributed by atoms with E-state index in [9.17, 15) is 0 Å². The number of rotatable bonds is 6. The Morgan fingerprint density at radius 1 is 0.169 bits per heavy atom. The molecular formula is C76H46O. The molecule has 1 aromatic heterocycles. The second kappa shape index (κ2) is 17.2. The minimum atomic E-state index is 0.907. The molecule has 15 aromatic carbocycles. The summed E-state index contributed by atoms with van der Waals surface area (Å²) in [5, 5.41) is 19.6. The summed E-state index contributed by atoms with van der Waals surface area (Å²) in [5.74, 6) is 0. The molecule has 1 heterocycles. The highest BCUT2D eigenvalue weighted by Crippen LogP contribution is 2.47. The molecule has 0 saturated carbocycles. The smallest absolute Gasteiger partial charge is 0.135 e. The normalized spacial score (nSPS) is 11.9. The lowest BCUT2D eigenvalue weighted by atomic mass is 9.85. The zero-order valence-corrected chi connectivity index (χ0v) is 42.0. The molecule has 16 aromatic rings. The van der Waals surface area contributed by atoms with Gasteiger partial charge in [0, 0.05) is 10.8 Å². The topological polar surface area (TPSA) is 13.1 Å². The third-order valence-corrected chi connectivity index (χ3v) is 16.4. The Kier molecular flexibility index (Phi) is 9.71. The molecule has 77 heavy (non-hydrogen) atoms. The van der Waals surface area contributed by atoms with Crippen LogP contribution in [0.15, 0.2) is 283 Å². The third kappa shape index (κ3) is 6.95. The van der Waals surface area contributed by atoms with Crippen molar-refractivity contribution in [2.75, 3.05) is 0 Å². The van der Waals surface area contributed by atoms with Crippen LogP contribution in [0.1, 0.15) is 0 Å². The third-order valence-electron chi connectivity index (χ3n) is 16.4. The van der Waals surface area contributed by atoms with Crippen molar-refractivity contribution in [2.24, 2.45) is 0 Å². The Balaban J connectivity index is 0.791. The first-order valence-electron chi connectivity index (χ1n) is 26.6. The van der Waals surface area contributed by atoms with Crippen LogP contribution >= 0.6 is 0 Å². The molecule has 0 N–H and O–H groups in total. The minimum absolute atomic E-state index is 0.907. The van der Waals surface area contributed by atoms with Crippen LogP contribution < -0.4 is 0 Å². The zero-order chi connectivity index (χ0) is 50.6. The van der Waals surface area contributed by atoms with Gasteiger partial charge in [0.2, 0.25) is 0 Å². The summed E-state index contributed by atoms with van der Waals surface area (Å²) in [6.45, 7) is 0. The van der Waals surface area contributed by atoms with Crippen molar-refractivity contribution < 1.29 is 4.42 Å². The van der Waals surface area contributed by atoms with Crippen LogP contribution in [-0.2, 0) is 0 Å². The fraction of sp³-hybridized carbons (Fsp3) is 0. The van der Waals surface area contributed by atoms with Crippen LogP contribution in [0, 0.1) is 0 Å². The monoisotopic (exact) mass is 974 g/mol. The lowest BCUT2D eigenvalue weighted by Crippen LogP contribution is -1.91. The first-order chi connectivity index (χ1) is 38.2. The molecule has 0 unspecified atom stereocenters. The highest BCUT2D eigenvalue weighted by Gasteiger charge is 2.20. The molecule has 0 aliphatic rings. The van der Waals surface area contributed by atoms with Crippen LogP contribution in [0.2, 0.25) is 0 Å². The second-order valence-electron chi connectivity index (χ2n) is 20.6. The number of hydrogen-bond donors (Lipinski definition) is 0. The van der Waals surface area contributed by atoms with Crippen molar-refractivity contribution in [1.29, 1.82) is 0 Å². The molecule has 0 bridgehead atoms. The number of hydrogen-bond acceptors (Lipinski definition) is 1. The molecule has 1 nitrogen and oxygen atoms in total. The van der Waals surface area contributed by atoms with Gasteiger partial charge in [-0.05, 0) is 185 Å². The Morgan fingerprint density at radius 3 is 1.01 bits per heavy atom. The number of furan rings is 1. The molecule has 0 spiro atoms. The fourth-order valence-corrected chi connectivity index (χ4v) is 12.8. The Morgan fingerprint density at radius 2 is 0.506 bits per heavy atom. The molecule has 356 valence electrons. The quantitative estimate of drug-likeness (QED) is 0.151. The average Bonchev–Trinajstić information content (AvgIpc) is 3.92. The van der Waals surface area contributed by atoms with Crippen molar-refractivity contribution in [2.45, 2.75) is 0 Å². The predicted octanol–water partition coefficient (Wildman–Crippen LogP) is 21.7. The lowest BCUT2D eigenvalue weighted by molar-refractivity contribution is 0.669. The van der Waals surface area contributed by atoms with Crippen molar-refractivity contribution in [3.05, 3.63) is 279 Å². The Hall–Kier alpha value is -10.1. The maximum absolute atomic E-state index is 6.27. The summed E-state index contributed by atoms with van der Waals surface area (Å²) in [7, 11) is 0. The SMILES string of the molecule is c1ccc2c(-c3ccc(-c4c5ccccc5c(-c5ccc6ccc(-c7ccc8ccc(-c9c%10ccccc%10c(-c%10ccc%11oc%12ccccc%12c%11c%10)c%10ccccc9%10)cc8c7)cc6c5)c5ccccc45)cc3)cccc2c1. The summed E-state index contributed by atoms with van der Waals surface area (Å²) in [6, 6.07) is 103. The summed E-state index contributed by atoms with van der Waals surface area (Å²) >= 11 is 0. The van der Waals surface area contributed by atoms with Gasteiger partial charge in [-0.15, -0.1) is 0 Å². The highest BCUT2D eigenvalue weighted by atomic mass is 16.3. The minimum Gasteiger partial charge on any atom is -0.456 e. The molecule has 1 heteroatoms. The molecule has 16 rings (SSSR count). The van der Waals surface area contributed by atoms with Gasteiger partial charge in [0.15, 0.2) is 0 Å². The predicted molar refractivity (Wildman–Crippen MR) is 329 cm³/mol. The van der Waals surface area contributed by atoms with Crippen molar-refractivity contribution in [3.8, 4) is 66.8 Å². The van der Waals surface area contributed by atoms with E-state index in [1.165, 1.54) is 142 Å². The Bertz CT molecular complexity index is 4970. The van der Waals surface area contributed by atoms with Crippen LogP contribution in [0.25, 0.3) is 164 Å². The van der Waals surface area contributed by atoms with E-state index in [-0.39, 0.29) is 0 Å². The van der Waals surface area contributed by atoms with Crippen molar-refractivity contribution >= 4 is 97.3 Å². The summed E-state index contributed by atoms with van der Waals surface area (Å²) < 4.78 is 6.27. The van der Waals surface area contributed by atoms with Crippen molar-refractivity contribution in [3.63, 3.8) is 0 Å². The van der Waals surface area contributed by atoms with E-state index < -0.39 is 0 Å². The molecule has 0 amide bonds. The number of benzene rings is 15. The van der Waals surface area contributed by atoms with Crippen LogP contribution in [0.5, 0.6) is 0 Å². The summed E-state index contributed by atoms with van der Waals surface area (Å²) in [5.41, 5.74) is 16.5. The van der Waals surface area contributed by atoms with Crippen LogP contribution in [-0.4, -0.2) is 0 Å². The van der Waals surface area contributed by atoms with E-state index in [0.29, 0.717) is 0 Å². The van der Waals surface area contributed by atoms with E-state index in [4.69, 9.17) is 4.42 Å². The molecule has 0 atom stereocenters. The maximum atomic E-state index is 6.27. The molecule has 0 aliphatic heterocycles. The molecule has 0 aliphatic carbocycles. The van der Waals surface area contributed by atoms with Gasteiger partial charge in [0.1, 0.15) is 11.2 Å². The molecule has 0 radical (unpaired) electrons. The van der Waals surface area contributed by atoms with E-state index in [0.717, 1.165) is 21.9 Å². The fourth-order valence-electron chi connectivity index (χ4n) is 12.8. The summed E-state index contributed by atoms with van der Waals surface area (Å²) in [4.78, 5) is 0. The van der Waals surface area contributed by atoms with Gasteiger partial charge < -0.3 is 4.42 Å². The molecule has 0 fully saturated rings. The number of para-hydroxylation sites is 1. The van der Waals surface area contributed by atoms with Gasteiger partial charge in [0.05, 0.1) is 0 Å². The number of fused-ring (bicyclic) bond motifs is 10. The van der Waals surface area contributed by atoms with Gasteiger partial charge in [-0.3, -0.25) is 0 Å². The van der Waals surface area contributed by atoms with E-state index in [1.54, 1.807) is 0 Å². The largest absolute Gasteiger partial charge is 0.456 e. The van der Waals surface area contributed by atoms with Crippen molar-refractivity contribution in [1.82, 2.24) is 0 Å². The van der Waals surface area contributed by atoms with Gasteiger partial charge >= 0.3 is 0 Å². The van der Waals surface area contributed by atoms with Gasteiger partial charge in [-0.1, -0.05) is 237 Å². The first-order valence-corrected chi connectivity index (χ1v) is 26.6. The highest BCUT2D eigenvalue weighted by molar-refractivity contribution is 6.24. The van der Waals surface area contributed by atoms with Crippen LogP contribution in [0.4, 0.5) is 0 Å². The maximum Gasteiger partial charge on any atom is 0.135 e. The average molecular weight is 975 g/mol. The van der Waals surface area contributed by atoms with Gasteiger partial charge in [0.25, 0.3) is 0 Å². The zero-order valence-electron chi connectivity index (χ0n) is 42.0. The molecule has 0 saturated heterocycles. The summed E-state index contributed by atoms with van der Waals surface area (Å²) in [6.07, 6.45) is 0. The Labute approximate surface area is 445 Å². The van der Waals surface area contributed by atoms with E-state index in [1.807, 2.05) is 6.07 Å². The lowest BCUT2D eigenvalue weighted by Gasteiger charge is -2.18. The van der Waals surface area contributed by atoms with E-state index >= 15 is 0 Å². The van der Waals surface area contributed by atoms with E-state index in [2.05, 4.69) is 273 Å². The van der Waals surface area contributed by atoms with Crippen LogP contribution in [0.3, 0.4) is 0 Å².